The molecular formula is C9H6ClNS. The molecule has 12 heavy (non-hydrogen) atoms. The van der Waals surface area contributed by atoms with Gasteiger partial charge in [-0.2, -0.15) is 0 Å². The summed E-state index contributed by atoms with van der Waals surface area (Å²) < 4.78 is 0. The predicted octanol–water partition coefficient (Wildman–Crippen LogP) is 3.46. The van der Waals surface area contributed by atoms with Crippen LogP contribution in [0.25, 0.3) is 10.4 Å². The molecule has 0 aliphatic carbocycles. The first kappa shape index (κ1) is 7.77. The first-order valence-corrected chi connectivity index (χ1v) is 4.77. The molecule has 0 atom stereocenters. The van der Waals surface area contributed by atoms with Gasteiger partial charge in [0.15, 0.2) is 0 Å². The van der Waals surface area contributed by atoms with Crippen molar-refractivity contribution in [3.05, 3.63) is 41.0 Å². The van der Waals surface area contributed by atoms with Crippen molar-refractivity contribution in [1.29, 1.82) is 0 Å². The first-order chi connectivity index (χ1) is 5.86. The van der Waals surface area contributed by atoms with Crippen LogP contribution in [0, 0.1) is 0 Å². The van der Waals surface area contributed by atoms with Crippen molar-refractivity contribution in [2.75, 3.05) is 0 Å². The average molecular weight is 196 g/mol. The molecule has 1 nitrogen and oxygen atoms in total. The number of pyridine rings is 1. The number of aromatic nitrogens is 1. The molecule has 0 radical (unpaired) electrons. The van der Waals surface area contributed by atoms with Crippen LogP contribution in [-0.4, -0.2) is 4.98 Å². The van der Waals surface area contributed by atoms with Crippen molar-refractivity contribution in [2.45, 2.75) is 0 Å². The molecule has 2 aromatic heterocycles. The van der Waals surface area contributed by atoms with Gasteiger partial charge >= 0.3 is 0 Å². The molecule has 0 unspecified atom stereocenters. The van der Waals surface area contributed by atoms with Crippen LogP contribution in [0.5, 0.6) is 0 Å². The lowest BCUT2D eigenvalue weighted by Crippen LogP contribution is -1.75. The molecule has 0 saturated heterocycles. The van der Waals surface area contributed by atoms with E-state index in [0.29, 0.717) is 5.15 Å². The van der Waals surface area contributed by atoms with Gasteiger partial charge in [-0.25, -0.2) is 4.98 Å². The van der Waals surface area contributed by atoms with E-state index in [1.165, 1.54) is 4.88 Å². The van der Waals surface area contributed by atoms with Gasteiger partial charge in [0.2, 0.25) is 0 Å². The third-order valence-electron chi connectivity index (χ3n) is 1.53. The second-order valence-corrected chi connectivity index (χ2v) is 3.68. The maximum atomic E-state index is 5.67. The van der Waals surface area contributed by atoms with E-state index in [2.05, 4.69) is 11.1 Å². The zero-order valence-corrected chi connectivity index (χ0v) is 7.77. The predicted molar refractivity (Wildman–Crippen MR) is 52.6 cm³/mol. The number of halogens is 1. The Bertz CT molecular complexity index is 353. The fraction of sp³-hybridized carbons (Fsp3) is 0. The topological polar surface area (TPSA) is 12.9 Å². The Kier molecular flexibility index (Phi) is 2.11. The second kappa shape index (κ2) is 3.25. The molecule has 2 heterocycles. The second-order valence-electron chi connectivity index (χ2n) is 2.35. The minimum atomic E-state index is 0.537. The van der Waals surface area contributed by atoms with Gasteiger partial charge in [0, 0.05) is 16.6 Å². The van der Waals surface area contributed by atoms with Crippen LogP contribution >= 0.6 is 22.9 Å². The third kappa shape index (κ3) is 1.49. The molecule has 0 aromatic carbocycles. The zero-order chi connectivity index (χ0) is 8.39. The molecule has 0 bridgehead atoms. The van der Waals surface area contributed by atoms with E-state index in [1.807, 2.05) is 17.5 Å². The fourth-order valence-electron chi connectivity index (χ4n) is 0.964. The molecule has 0 aliphatic heterocycles. The minimum absolute atomic E-state index is 0.537. The number of thiophene rings is 1. The van der Waals surface area contributed by atoms with E-state index in [4.69, 9.17) is 11.6 Å². The molecule has 0 fully saturated rings. The number of rotatable bonds is 1. The Morgan fingerprint density at radius 1 is 1.25 bits per heavy atom. The minimum Gasteiger partial charge on any atom is -0.244 e. The highest BCUT2D eigenvalue weighted by molar-refractivity contribution is 7.13. The molecule has 2 aromatic rings. The Morgan fingerprint density at radius 3 is 2.75 bits per heavy atom. The Hall–Kier alpha value is -0.860. The van der Waals surface area contributed by atoms with Crippen molar-refractivity contribution in [3.63, 3.8) is 0 Å². The van der Waals surface area contributed by atoms with Crippen LogP contribution in [0.15, 0.2) is 35.8 Å². The third-order valence-corrected chi connectivity index (χ3v) is 2.68. The van der Waals surface area contributed by atoms with Crippen LogP contribution in [0.3, 0.4) is 0 Å². The number of hydrogen-bond donors (Lipinski definition) is 0. The monoisotopic (exact) mass is 195 g/mol. The number of nitrogens with zero attached hydrogens (tertiary/aromatic N) is 1. The maximum Gasteiger partial charge on any atom is 0.129 e. The molecular weight excluding hydrogens is 190 g/mol. The van der Waals surface area contributed by atoms with Crippen molar-refractivity contribution in [3.8, 4) is 10.4 Å². The zero-order valence-electron chi connectivity index (χ0n) is 6.20. The molecule has 0 N–H and O–H groups in total. The number of hydrogen-bond acceptors (Lipinski definition) is 2. The van der Waals surface area contributed by atoms with E-state index < -0.39 is 0 Å². The average Bonchev–Trinajstić information content (AvgIpc) is 2.58. The van der Waals surface area contributed by atoms with Gasteiger partial charge in [0.25, 0.3) is 0 Å². The van der Waals surface area contributed by atoms with E-state index in [9.17, 15) is 0 Å². The van der Waals surface area contributed by atoms with Crippen LogP contribution in [0.4, 0.5) is 0 Å². The summed E-state index contributed by atoms with van der Waals surface area (Å²) in [5.74, 6) is 0. The summed E-state index contributed by atoms with van der Waals surface area (Å²) in [4.78, 5) is 5.23. The van der Waals surface area contributed by atoms with E-state index >= 15 is 0 Å². The Balaban J connectivity index is 2.43. The molecule has 0 amide bonds. The molecule has 2 rings (SSSR count). The molecule has 0 spiro atoms. The van der Waals surface area contributed by atoms with Crippen LogP contribution in [-0.2, 0) is 0 Å². The standard InChI is InChI=1S/C9H6ClNS/c10-9-4-3-7(6-11-9)8-2-1-5-12-8/h1-6H. The van der Waals surface area contributed by atoms with Gasteiger partial charge in [-0.1, -0.05) is 17.7 Å². The summed E-state index contributed by atoms with van der Waals surface area (Å²) in [5.41, 5.74) is 1.12. The van der Waals surface area contributed by atoms with E-state index in [-0.39, 0.29) is 0 Å². The van der Waals surface area contributed by atoms with Gasteiger partial charge in [0.05, 0.1) is 0 Å². The quantitative estimate of drug-likeness (QED) is 0.635. The molecule has 0 saturated carbocycles. The van der Waals surface area contributed by atoms with Crippen molar-refractivity contribution >= 4 is 22.9 Å². The largest absolute Gasteiger partial charge is 0.244 e. The fourth-order valence-corrected chi connectivity index (χ4v) is 1.79. The van der Waals surface area contributed by atoms with Crippen LogP contribution < -0.4 is 0 Å². The summed E-state index contributed by atoms with van der Waals surface area (Å²) in [6.45, 7) is 0. The van der Waals surface area contributed by atoms with Gasteiger partial charge in [-0.3, -0.25) is 0 Å². The highest BCUT2D eigenvalue weighted by Gasteiger charge is 1.97. The highest BCUT2D eigenvalue weighted by atomic mass is 35.5. The van der Waals surface area contributed by atoms with Crippen LogP contribution in [0.1, 0.15) is 0 Å². The van der Waals surface area contributed by atoms with Crippen molar-refractivity contribution in [1.82, 2.24) is 4.98 Å². The van der Waals surface area contributed by atoms with E-state index in [0.717, 1.165) is 5.56 Å². The van der Waals surface area contributed by atoms with Gasteiger partial charge in [0.1, 0.15) is 5.15 Å². The molecule has 60 valence electrons. The molecule has 0 aliphatic rings. The summed E-state index contributed by atoms with van der Waals surface area (Å²) in [7, 11) is 0. The Morgan fingerprint density at radius 2 is 2.17 bits per heavy atom. The SMILES string of the molecule is Clc1ccc(-c2cccs2)cn1. The van der Waals surface area contributed by atoms with Crippen LogP contribution in [0.2, 0.25) is 5.15 Å². The van der Waals surface area contributed by atoms with Crippen molar-refractivity contribution in [2.24, 2.45) is 0 Å². The summed E-state index contributed by atoms with van der Waals surface area (Å²) >= 11 is 7.36. The van der Waals surface area contributed by atoms with Gasteiger partial charge < -0.3 is 0 Å². The van der Waals surface area contributed by atoms with E-state index in [1.54, 1.807) is 23.6 Å². The Labute approximate surface area is 79.7 Å². The lowest BCUT2D eigenvalue weighted by molar-refractivity contribution is 1.33. The summed E-state index contributed by atoms with van der Waals surface area (Å²) in [6, 6.07) is 7.86. The maximum absolute atomic E-state index is 5.67. The van der Waals surface area contributed by atoms with Gasteiger partial charge in [-0.15, -0.1) is 11.3 Å². The smallest absolute Gasteiger partial charge is 0.129 e. The lowest BCUT2D eigenvalue weighted by atomic mass is 10.2. The summed E-state index contributed by atoms with van der Waals surface area (Å²) in [6.07, 6.45) is 1.79. The van der Waals surface area contributed by atoms with Gasteiger partial charge in [-0.05, 0) is 23.6 Å². The first-order valence-electron chi connectivity index (χ1n) is 3.52. The molecule has 3 heteroatoms. The van der Waals surface area contributed by atoms with Crippen molar-refractivity contribution < 1.29 is 0 Å². The highest BCUT2D eigenvalue weighted by Crippen LogP contribution is 2.24. The normalized spacial score (nSPS) is 10.1. The summed E-state index contributed by atoms with van der Waals surface area (Å²) in [5, 5.41) is 2.58. The lowest BCUT2D eigenvalue weighted by Gasteiger charge is -1.94.